The lowest BCUT2D eigenvalue weighted by Crippen LogP contribution is -2.41. The molecule has 2 rings (SSSR count). The summed E-state index contributed by atoms with van der Waals surface area (Å²) in [6.07, 6.45) is 3.42. The van der Waals surface area contributed by atoms with E-state index in [2.05, 4.69) is 32.2 Å². The molecule has 4 nitrogen and oxygen atoms in total. The third-order valence-corrected chi connectivity index (χ3v) is 4.09. The maximum Gasteiger partial charge on any atom is 0.250 e. The van der Waals surface area contributed by atoms with Crippen LogP contribution in [-0.4, -0.2) is 6.04 Å². The second kappa shape index (κ2) is 6.21. The molecule has 4 heteroatoms. The van der Waals surface area contributed by atoms with Crippen LogP contribution in [-0.2, 0) is 0 Å². The molecule has 0 aromatic heterocycles. The summed E-state index contributed by atoms with van der Waals surface area (Å²) in [6, 6.07) is 9.13. The van der Waals surface area contributed by atoms with Crippen molar-refractivity contribution in [3.63, 3.8) is 0 Å². The average molecular weight is 308 g/mol. The lowest BCUT2D eigenvalue weighted by molar-refractivity contribution is 0.359. The highest BCUT2D eigenvalue weighted by atomic mass is 16.2. The standard InChI is InChI=1S/C19H20N2O2/c1-12(19(2,3)4)21-16-15(17(22)18(16)23)10-9-13-5-7-14(11-20)8-6-13/h5-10,12,21H,1-4H3/b10-9+. The molecule has 1 unspecified atom stereocenters. The van der Waals surface area contributed by atoms with Gasteiger partial charge in [-0.15, -0.1) is 0 Å². The summed E-state index contributed by atoms with van der Waals surface area (Å²) < 4.78 is 0. The molecule has 0 spiro atoms. The maximum atomic E-state index is 11.8. The van der Waals surface area contributed by atoms with Crippen molar-refractivity contribution in [3.05, 3.63) is 61.4 Å². The normalized spacial score (nSPS) is 13.2. The third kappa shape index (κ3) is 3.57. The molecule has 1 N–H and O–H groups in total. The molecule has 118 valence electrons. The van der Waals surface area contributed by atoms with Gasteiger partial charge in [0.25, 0.3) is 0 Å². The molecule has 0 aliphatic carbocycles. The minimum Gasteiger partial charge on any atom is -0.378 e. The monoisotopic (exact) mass is 308 g/mol. The second-order valence-corrected chi connectivity index (χ2v) is 6.75. The summed E-state index contributed by atoms with van der Waals surface area (Å²) in [5.74, 6) is 0. The molecular weight excluding hydrogens is 288 g/mol. The van der Waals surface area contributed by atoms with Crippen molar-refractivity contribution in [2.24, 2.45) is 5.41 Å². The van der Waals surface area contributed by atoms with Gasteiger partial charge in [0.1, 0.15) is 0 Å². The second-order valence-electron chi connectivity index (χ2n) is 6.75. The summed E-state index contributed by atoms with van der Waals surface area (Å²) in [5, 5.41) is 11.9. The van der Waals surface area contributed by atoms with Crippen molar-refractivity contribution in [1.82, 2.24) is 0 Å². The summed E-state index contributed by atoms with van der Waals surface area (Å²) in [4.78, 5) is 23.6. The predicted octanol–water partition coefficient (Wildman–Crippen LogP) is 3.17. The third-order valence-electron chi connectivity index (χ3n) is 4.09. The minimum atomic E-state index is -0.460. The Morgan fingerprint density at radius 1 is 1.09 bits per heavy atom. The molecule has 0 radical (unpaired) electrons. The van der Waals surface area contributed by atoms with E-state index < -0.39 is 10.9 Å². The summed E-state index contributed by atoms with van der Waals surface area (Å²) in [5.41, 5.74) is 1.31. The van der Waals surface area contributed by atoms with Gasteiger partial charge in [0.05, 0.1) is 22.9 Å². The number of nitriles is 1. The summed E-state index contributed by atoms with van der Waals surface area (Å²) in [6.45, 7) is 8.21. The molecule has 0 heterocycles. The predicted molar refractivity (Wildman–Crippen MR) is 94.0 cm³/mol. The van der Waals surface area contributed by atoms with E-state index in [0.29, 0.717) is 16.8 Å². The quantitative estimate of drug-likeness (QED) is 0.881. The Labute approximate surface area is 135 Å². The Morgan fingerprint density at radius 3 is 2.22 bits per heavy atom. The number of nitrogens with zero attached hydrogens (tertiary/aromatic N) is 1. The van der Waals surface area contributed by atoms with Gasteiger partial charge in [-0.25, -0.2) is 0 Å². The first-order chi connectivity index (χ1) is 10.7. The van der Waals surface area contributed by atoms with Crippen molar-refractivity contribution in [2.45, 2.75) is 33.7 Å². The van der Waals surface area contributed by atoms with E-state index >= 15 is 0 Å². The lowest BCUT2D eigenvalue weighted by Gasteiger charge is -2.29. The Hall–Kier alpha value is -2.67. The van der Waals surface area contributed by atoms with Crippen LogP contribution in [0.15, 0.2) is 33.9 Å². The van der Waals surface area contributed by atoms with Crippen LogP contribution in [0.5, 0.6) is 0 Å². The number of benzene rings is 1. The van der Waals surface area contributed by atoms with E-state index in [1.807, 2.05) is 6.92 Å². The van der Waals surface area contributed by atoms with Gasteiger partial charge in [0.2, 0.25) is 10.9 Å². The van der Waals surface area contributed by atoms with E-state index in [1.165, 1.54) is 0 Å². The van der Waals surface area contributed by atoms with Crippen LogP contribution in [0.1, 0.15) is 44.4 Å². The average Bonchev–Trinajstić information content (AvgIpc) is 2.52. The van der Waals surface area contributed by atoms with E-state index in [9.17, 15) is 9.59 Å². The lowest BCUT2D eigenvalue weighted by atomic mass is 9.87. The number of nitrogens with one attached hydrogen (secondary N) is 1. The van der Waals surface area contributed by atoms with Gasteiger partial charge in [0, 0.05) is 6.04 Å². The Kier molecular flexibility index (Phi) is 4.51. The van der Waals surface area contributed by atoms with Crippen molar-refractivity contribution in [3.8, 4) is 6.07 Å². The van der Waals surface area contributed by atoms with Gasteiger partial charge < -0.3 is 5.32 Å². The number of rotatable bonds is 4. The zero-order valence-corrected chi connectivity index (χ0v) is 13.8. The van der Waals surface area contributed by atoms with E-state index in [0.717, 1.165) is 5.56 Å². The van der Waals surface area contributed by atoms with Gasteiger partial charge >= 0.3 is 0 Å². The van der Waals surface area contributed by atoms with Crippen molar-refractivity contribution >= 4 is 17.8 Å². The van der Waals surface area contributed by atoms with Gasteiger partial charge in [0.15, 0.2) is 0 Å². The first kappa shape index (κ1) is 16.7. The molecule has 0 fully saturated rings. The maximum absolute atomic E-state index is 11.8. The first-order valence-corrected chi connectivity index (χ1v) is 7.52. The fourth-order valence-electron chi connectivity index (χ4n) is 1.99. The summed E-state index contributed by atoms with van der Waals surface area (Å²) >= 11 is 0. The molecule has 0 amide bonds. The Bertz CT molecular complexity index is 840. The first-order valence-electron chi connectivity index (χ1n) is 7.52. The van der Waals surface area contributed by atoms with Crippen LogP contribution in [0.2, 0.25) is 0 Å². The number of hydrogen-bond donors (Lipinski definition) is 1. The molecule has 0 bridgehead atoms. The molecule has 0 aliphatic heterocycles. The highest BCUT2D eigenvalue weighted by Crippen LogP contribution is 2.23. The van der Waals surface area contributed by atoms with E-state index in [4.69, 9.17) is 5.26 Å². The molecular formula is C19H20N2O2. The van der Waals surface area contributed by atoms with Gasteiger partial charge in [-0.1, -0.05) is 39.0 Å². The van der Waals surface area contributed by atoms with Crippen LogP contribution < -0.4 is 16.2 Å². The van der Waals surface area contributed by atoms with Crippen molar-refractivity contribution < 1.29 is 0 Å². The minimum absolute atomic E-state index is 0.0200. The fraction of sp³-hybridized carbons (Fsp3) is 0.316. The highest BCUT2D eigenvalue weighted by Gasteiger charge is 2.25. The SMILES string of the molecule is CC(Nc1c(/C=C/c2ccc(C#N)cc2)c(=O)c1=O)C(C)(C)C. The smallest absolute Gasteiger partial charge is 0.250 e. The van der Waals surface area contributed by atoms with Crippen LogP contribution in [0.4, 0.5) is 5.69 Å². The molecule has 1 atom stereocenters. The van der Waals surface area contributed by atoms with Crippen molar-refractivity contribution in [2.75, 3.05) is 5.32 Å². The van der Waals surface area contributed by atoms with Crippen LogP contribution >= 0.6 is 0 Å². The van der Waals surface area contributed by atoms with Gasteiger partial charge in [-0.3, -0.25) is 9.59 Å². The van der Waals surface area contributed by atoms with Crippen LogP contribution in [0, 0.1) is 16.7 Å². The van der Waals surface area contributed by atoms with Gasteiger partial charge in [-0.2, -0.15) is 5.26 Å². The van der Waals surface area contributed by atoms with Crippen molar-refractivity contribution in [1.29, 1.82) is 5.26 Å². The van der Waals surface area contributed by atoms with Gasteiger partial charge in [-0.05, 0) is 36.1 Å². The highest BCUT2D eigenvalue weighted by molar-refractivity contribution is 5.79. The molecule has 0 aliphatic rings. The fourth-order valence-corrected chi connectivity index (χ4v) is 1.99. The van der Waals surface area contributed by atoms with E-state index in [1.54, 1.807) is 36.4 Å². The topological polar surface area (TPSA) is 70.0 Å². The Balaban J connectivity index is 2.22. The van der Waals surface area contributed by atoms with Crippen LogP contribution in [0.25, 0.3) is 12.2 Å². The van der Waals surface area contributed by atoms with Crippen LogP contribution in [0.3, 0.4) is 0 Å². The molecule has 0 saturated carbocycles. The van der Waals surface area contributed by atoms with E-state index in [-0.39, 0.29) is 11.5 Å². The number of hydrogen-bond acceptors (Lipinski definition) is 4. The number of anilines is 1. The summed E-state index contributed by atoms with van der Waals surface area (Å²) in [7, 11) is 0. The molecule has 2 aromatic rings. The largest absolute Gasteiger partial charge is 0.378 e. The molecule has 23 heavy (non-hydrogen) atoms. The molecule has 0 saturated heterocycles. The molecule has 2 aromatic carbocycles. The Morgan fingerprint density at radius 2 is 1.70 bits per heavy atom. The zero-order chi connectivity index (χ0) is 17.2. The zero-order valence-electron chi connectivity index (χ0n) is 13.8.